The predicted octanol–water partition coefficient (Wildman–Crippen LogP) is 2.91. The van der Waals surface area contributed by atoms with Crippen LogP contribution >= 0.6 is 0 Å². The fourth-order valence-electron chi connectivity index (χ4n) is 3.43. The molecule has 1 aliphatic heterocycles. The molecule has 2 aromatic rings. The Kier molecular flexibility index (Phi) is 5.74. The number of nitrogens with zero attached hydrogens (tertiary/aromatic N) is 3. The van der Waals surface area contributed by atoms with Crippen LogP contribution in [0.15, 0.2) is 36.5 Å². The van der Waals surface area contributed by atoms with Gasteiger partial charge in [-0.3, -0.25) is 9.48 Å². The van der Waals surface area contributed by atoms with E-state index in [1.165, 1.54) is 18.5 Å². The molecule has 1 aromatic carbocycles. The van der Waals surface area contributed by atoms with Crippen molar-refractivity contribution in [2.24, 2.45) is 13.0 Å². The molecular weight excluding hydrogens is 312 g/mol. The number of benzene rings is 1. The Labute approximate surface area is 150 Å². The number of hydrogen-bond acceptors (Lipinski definition) is 3. The van der Waals surface area contributed by atoms with Crippen molar-refractivity contribution in [3.8, 4) is 0 Å². The van der Waals surface area contributed by atoms with Gasteiger partial charge in [-0.15, -0.1) is 0 Å². The van der Waals surface area contributed by atoms with Gasteiger partial charge in [0.2, 0.25) is 5.91 Å². The molecule has 5 nitrogen and oxygen atoms in total. The second-order valence-corrected chi connectivity index (χ2v) is 7.08. The highest BCUT2D eigenvalue weighted by Crippen LogP contribution is 2.23. The summed E-state index contributed by atoms with van der Waals surface area (Å²) in [6, 6.07) is 10.5. The van der Waals surface area contributed by atoms with E-state index in [0.717, 1.165) is 30.3 Å². The van der Waals surface area contributed by atoms with Crippen molar-refractivity contribution in [2.45, 2.75) is 39.2 Å². The number of hydrogen-bond donors (Lipinski definition) is 1. The van der Waals surface area contributed by atoms with Gasteiger partial charge in [-0.2, -0.15) is 5.10 Å². The molecule has 2 heterocycles. The van der Waals surface area contributed by atoms with Crippen molar-refractivity contribution in [1.29, 1.82) is 0 Å². The summed E-state index contributed by atoms with van der Waals surface area (Å²) in [5.41, 5.74) is 3.51. The van der Waals surface area contributed by atoms with Crippen molar-refractivity contribution in [2.75, 3.05) is 18.0 Å². The Balaban J connectivity index is 1.45. The average molecular weight is 340 g/mol. The Morgan fingerprint density at radius 1 is 1.28 bits per heavy atom. The first-order chi connectivity index (χ1) is 12.1. The van der Waals surface area contributed by atoms with Crippen LogP contribution in [0, 0.1) is 5.92 Å². The summed E-state index contributed by atoms with van der Waals surface area (Å²) in [6.07, 6.45) is 5.57. The first-order valence-electron chi connectivity index (χ1n) is 9.19. The van der Waals surface area contributed by atoms with Gasteiger partial charge in [0.15, 0.2) is 0 Å². The quantitative estimate of drug-likeness (QED) is 0.880. The summed E-state index contributed by atoms with van der Waals surface area (Å²) in [4.78, 5) is 14.5. The Morgan fingerprint density at radius 2 is 2.08 bits per heavy atom. The van der Waals surface area contributed by atoms with Crippen LogP contribution in [-0.2, 0) is 24.8 Å². The van der Waals surface area contributed by atoms with Crippen LogP contribution in [0.5, 0.6) is 0 Å². The van der Waals surface area contributed by atoms with Gasteiger partial charge in [0, 0.05) is 50.7 Å². The molecule has 1 N–H and O–H groups in total. The van der Waals surface area contributed by atoms with Crippen LogP contribution in [-0.4, -0.2) is 28.8 Å². The van der Waals surface area contributed by atoms with Crippen LogP contribution in [0.3, 0.4) is 0 Å². The highest BCUT2D eigenvalue weighted by atomic mass is 16.1. The Bertz CT molecular complexity index is 692. The van der Waals surface area contributed by atoms with E-state index < -0.39 is 0 Å². The zero-order valence-electron chi connectivity index (χ0n) is 15.2. The van der Waals surface area contributed by atoms with Gasteiger partial charge >= 0.3 is 0 Å². The number of carbonyl (C=O) groups excluding carboxylic acids is 1. The molecule has 1 atom stereocenters. The molecular formula is C20H28N4O. The maximum absolute atomic E-state index is 12.0. The normalized spacial score (nSPS) is 17.5. The van der Waals surface area contributed by atoms with E-state index in [2.05, 4.69) is 46.5 Å². The number of aromatic nitrogens is 2. The number of carbonyl (C=O) groups is 1. The minimum Gasteiger partial charge on any atom is -0.371 e. The average Bonchev–Trinajstić information content (AvgIpc) is 3.03. The molecule has 1 saturated heterocycles. The van der Waals surface area contributed by atoms with E-state index in [9.17, 15) is 4.79 Å². The molecule has 1 aliphatic rings. The van der Waals surface area contributed by atoms with Gasteiger partial charge < -0.3 is 10.2 Å². The molecule has 1 fully saturated rings. The first-order valence-corrected chi connectivity index (χ1v) is 9.19. The van der Waals surface area contributed by atoms with Crippen LogP contribution < -0.4 is 10.2 Å². The number of anilines is 1. The van der Waals surface area contributed by atoms with Gasteiger partial charge in [0.25, 0.3) is 0 Å². The summed E-state index contributed by atoms with van der Waals surface area (Å²) in [5.74, 6) is 0.849. The summed E-state index contributed by atoms with van der Waals surface area (Å²) in [5, 5.41) is 7.13. The number of amides is 1. The highest BCUT2D eigenvalue weighted by molar-refractivity contribution is 5.76. The van der Waals surface area contributed by atoms with E-state index >= 15 is 0 Å². The molecule has 0 spiro atoms. The minimum absolute atomic E-state index is 0.0788. The topological polar surface area (TPSA) is 50.2 Å². The molecule has 1 amide bonds. The third kappa shape index (κ3) is 4.84. The summed E-state index contributed by atoms with van der Waals surface area (Å²) in [6.45, 7) is 5.20. The standard InChI is InChI=1S/C20H28N4O/c1-16-4-3-13-24(15-16)19-7-5-17(6-8-19)14-21-20(25)10-9-18-11-12-22-23(18)2/h5-8,11-12,16H,3-4,9-10,13-15H2,1-2H3,(H,21,25)/t16-/m1/s1. The molecule has 0 aliphatic carbocycles. The van der Waals surface area contributed by atoms with Gasteiger partial charge in [-0.1, -0.05) is 19.1 Å². The van der Waals surface area contributed by atoms with Crippen LogP contribution in [0.2, 0.25) is 0 Å². The lowest BCUT2D eigenvalue weighted by Gasteiger charge is -2.32. The van der Waals surface area contributed by atoms with Crippen molar-refractivity contribution >= 4 is 11.6 Å². The van der Waals surface area contributed by atoms with Gasteiger partial charge in [0.1, 0.15) is 0 Å². The molecule has 5 heteroatoms. The molecule has 0 radical (unpaired) electrons. The van der Waals surface area contributed by atoms with Crippen LogP contribution in [0.25, 0.3) is 0 Å². The molecule has 3 rings (SSSR count). The fourth-order valence-corrected chi connectivity index (χ4v) is 3.43. The van der Waals surface area contributed by atoms with Crippen molar-refractivity contribution in [1.82, 2.24) is 15.1 Å². The van der Waals surface area contributed by atoms with E-state index in [1.54, 1.807) is 6.20 Å². The van der Waals surface area contributed by atoms with Crippen LogP contribution in [0.1, 0.15) is 37.4 Å². The lowest BCUT2D eigenvalue weighted by molar-refractivity contribution is -0.121. The second kappa shape index (κ2) is 8.19. The van der Waals surface area contributed by atoms with Crippen molar-refractivity contribution < 1.29 is 4.79 Å². The third-order valence-corrected chi connectivity index (χ3v) is 4.98. The Hall–Kier alpha value is -2.30. The molecule has 25 heavy (non-hydrogen) atoms. The zero-order valence-corrected chi connectivity index (χ0v) is 15.2. The maximum atomic E-state index is 12.0. The smallest absolute Gasteiger partial charge is 0.220 e. The van der Waals surface area contributed by atoms with E-state index in [-0.39, 0.29) is 5.91 Å². The molecule has 0 saturated carbocycles. The monoisotopic (exact) mass is 340 g/mol. The third-order valence-electron chi connectivity index (χ3n) is 4.98. The maximum Gasteiger partial charge on any atom is 0.220 e. The van der Waals surface area contributed by atoms with Crippen LogP contribution in [0.4, 0.5) is 5.69 Å². The number of piperidine rings is 1. The van der Waals surface area contributed by atoms with Gasteiger partial charge in [-0.05, 0) is 48.9 Å². The van der Waals surface area contributed by atoms with Gasteiger partial charge in [-0.25, -0.2) is 0 Å². The highest BCUT2D eigenvalue weighted by Gasteiger charge is 2.16. The molecule has 1 aromatic heterocycles. The van der Waals surface area contributed by atoms with E-state index in [4.69, 9.17) is 0 Å². The number of rotatable bonds is 6. The number of aryl methyl sites for hydroxylation is 2. The molecule has 134 valence electrons. The largest absolute Gasteiger partial charge is 0.371 e. The zero-order chi connectivity index (χ0) is 17.6. The fraction of sp³-hybridized carbons (Fsp3) is 0.500. The van der Waals surface area contributed by atoms with E-state index in [0.29, 0.717) is 19.4 Å². The van der Waals surface area contributed by atoms with E-state index in [1.807, 2.05) is 17.8 Å². The van der Waals surface area contributed by atoms with Crippen molar-refractivity contribution in [3.63, 3.8) is 0 Å². The number of nitrogens with one attached hydrogen (secondary N) is 1. The summed E-state index contributed by atoms with van der Waals surface area (Å²) < 4.78 is 1.81. The molecule has 0 bridgehead atoms. The Morgan fingerprint density at radius 3 is 2.76 bits per heavy atom. The molecule has 0 unspecified atom stereocenters. The first kappa shape index (κ1) is 17.5. The lowest BCUT2D eigenvalue weighted by atomic mass is 9.99. The second-order valence-electron chi connectivity index (χ2n) is 7.08. The predicted molar refractivity (Wildman–Crippen MR) is 100 cm³/mol. The lowest BCUT2D eigenvalue weighted by Crippen LogP contribution is -2.34. The summed E-state index contributed by atoms with van der Waals surface area (Å²) >= 11 is 0. The van der Waals surface area contributed by atoms with Gasteiger partial charge in [0.05, 0.1) is 0 Å². The minimum atomic E-state index is 0.0788. The van der Waals surface area contributed by atoms with Crippen molar-refractivity contribution in [3.05, 3.63) is 47.8 Å². The summed E-state index contributed by atoms with van der Waals surface area (Å²) in [7, 11) is 1.90. The SMILES string of the molecule is C[C@@H]1CCCN(c2ccc(CNC(=O)CCc3ccnn3C)cc2)C1.